The van der Waals surface area contributed by atoms with Crippen molar-refractivity contribution in [3.05, 3.63) is 72.3 Å². The summed E-state index contributed by atoms with van der Waals surface area (Å²) in [6, 6.07) is 22.1. The van der Waals surface area contributed by atoms with E-state index in [4.69, 9.17) is 0 Å². The van der Waals surface area contributed by atoms with Gasteiger partial charge in [-0.25, -0.2) is 0 Å². The number of nitrogens with zero attached hydrogens (tertiary/aromatic N) is 3. The van der Waals surface area contributed by atoms with Crippen LogP contribution < -0.4 is 10.2 Å². The third-order valence-electron chi connectivity index (χ3n) is 5.23. The maximum absolute atomic E-state index is 12.3. The van der Waals surface area contributed by atoms with E-state index in [1.807, 2.05) is 54.6 Å². The summed E-state index contributed by atoms with van der Waals surface area (Å²) in [6.45, 7) is 2.11. The van der Waals surface area contributed by atoms with Gasteiger partial charge in [0.25, 0.3) is 0 Å². The first-order chi connectivity index (χ1) is 14.3. The minimum absolute atomic E-state index is 0.0357. The van der Waals surface area contributed by atoms with Gasteiger partial charge in [-0.3, -0.25) is 4.79 Å². The number of rotatable bonds is 7. The quantitative estimate of drug-likeness (QED) is 0.639. The predicted octanol–water partition coefficient (Wildman–Crippen LogP) is 4.71. The smallest absolute Gasteiger partial charge is 0.224 e. The van der Waals surface area contributed by atoms with Gasteiger partial charge < -0.3 is 10.2 Å². The zero-order valence-electron chi connectivity index (χ0n) is 16.6. The van der Waals surface area contributed by atoms with Crippen LogP contribution in [-0.2, 0) is 11.2 Å². The van der Waals surface area contributed by atoms with Crippen LogP contribution in [0, 0.1) is 0 Å². The highest BCUT2D eigenvalue weighted by atomic mass is 16.1. The van der Waals surface area contributed by atoms with Crippen molar-refractivity contribution >= 4 is 17.4 Å². The number of hydrogen-bond donors (Lipinski definition) is 1. The number of nitrogens with one attached hydrogen (secondary N) is 1. The fourth-order valence-electron chi connectivity index (χ4n) is 3.67. The standard InChI is InChI=1S/C24H26N4O/c29-24(13-6-10-19-8-2-1-3-9-19)25-21-12-7-11-20(18-21)22-14-15-23(27-26-22)28-16-4-5-17-28/h1-3,7-9,11-12,14-15,18H,4-6,10,13,16-17H2,(H,25,29). The second kappa shape index (κ2) is 9.32. The Morgan fingerprint density at radius 3 is 2.52 bits per heavy atom. The number of carbonyl (C=O) groups is 1. The van der Waals surface area contributed by atoms with Crippen molar-refractivity contribution in [1.29, 1.82) is 0 Å². The molecular weight excluding hydrogens is 360 g/mol. The van der Waals surface area contributed by atoms with Crippen LogP contribution in [0.2, 0.25) is 0 Å². The molecule has 1 saturated heterocycles. The summed E-state index contributed by atoms with van der Waals surface area (Å²) in [7, 11) is 0. The summed E-state index contributed by atoms with van der Waals surface area (Å²) in [6.07, 6.45) is 4.68. The molecule has 0 aliphatic carbocycles. The predicted molar refractivity (Wildman–Crippen MR) is 117 cm³/mol. The SMILES string of the molecule is O=C(CCCc1ccccc1)Nc1cccc(-c2ccc(N3CCCC3)nn2)c1. The first-order valence-electron chi connectivity index (χ1n) is 10.3. The Bertz CT molecular complexity index is 935. The van der Waals surface area contributed by atoms with E-state index in [-0.39, 0.29) is 5.91 Å². The number of aryl methyl sites for hydroxylation is 1. The minimum atomic E-state index is 0.0357. The third kappa shape index (κ3) is 5.19. The van der Waals surface area contributed by atoms with Crippen LogP contribution in [0.5, 0.6) is 0 Å². The van der Waals surface area contributed by atoms with E-state index in [9.17, 15) is 4.79 Å². The maximum Gasteiger partial charge on any atom is 0.224 e. The number of carbonyl (C=O) groups excluding carboxylic acids is 1. The molecule has 2 heterocycles. The molecule has 0 bridgehead atoms. The van der Waals surface area contributed by atoms with Crippen molar-refractivity contribution in [2.24, 2.45) is 0 Å². The van der Waals surface area contributed by atoms with Gasteiger partial charge in [0.05, 0.1) is 5.69 Å². The number of hydrogen-bond acceptors (Lipinski definition) is 4. The highest BCUT2D eigenvalue weighted by Crippen LogP contribution is 2.23. The van der Waals surface area contributed by atoms with Gasteiger partial charge in [-0.1, -0.05) is 42.5 Å². The Hall–Kier alpha value is -3.21. The van der Waals surface area contributed by atoms with E-state index < -0.39 is 0 Å². The van der Waals surface area contributed by atoms with E-state index in [2.05, 4.69) is 32.5 Å². The van der Waals surface area contributed by atoms with Crippen molar-refractivity contribution < 1.29 is 4.79 Å². The molecule has 0 saturated carbocycles. The fourth-order valence-corrected chi connectivity index (χ4v) is 3.67. The Balaban J connectivity index is 1.33. The van der Waals surface area contributed by atoms with Crippen LogP contribution in [0.4, 0.5) is 11.5 Å². The summed E-state index contributed by atoms with van der Waals surface area (Å²) in [5, 5.41) is 11.8. The summed E-state index contributed by atoms with van der Waals surface area (Å²) in [4.78, 5) is 14.6. The number of anilines is 2. The molecular formula is C24H26N4O. The Kier molecular flexibility index (Phi) is 6.15. The van der Waals surface area contributed by atoms with Gasteiger partial charge in [0.1, 0.15) is 0 Å². The summed E-state index contributed by atoms with van der Waals surface area (Å²) < 4.78 is 0. The lowest BCUT2D eigenvalue weighted by molar-refractivity contribution is -0.116. The molecule has 5 nitrogen and oxygen atoms in total. The average Bonchev–Trinajstić information content (AvgIpc) is 3.30. The van der Waals surface area contributed by atoms with Gasteiger partial charge in [-0.15, -0.1) is 10.2 Å². The first kappa shape index (κ1) is 19.1. The van der Waals surface area contributed by atoms with Crippen molar-refractivity contribution in [3.63, 3.8) is 0 Å². The van der Waals surface area contributed by atoms with E-state index >= 15 is 0 Å². The molecule has 1 aromatic heterocycles. The Morgan fingerprint density at radius 2 is 1.76 bits per heavy atom. The van der Waals surface area contributed by atoms with Crippen molar-refractivity contribution in [1.82, 2.24) is 10.2 Å². The Morgan fingerprint density at radius 1 is 0.931 bits per heavy atom. The van der Waals surface area contributed by atoms with Crippen LogP contribution in [0.1, 0.15) is 31.2 Å². The van der Waals surface area contributed by atoms with Gasteiger partial charge in [0.2, 0.25) is 5.91 Å². The van der Waals surface area contributed by atoms with Gasteiger partial charge >= 0.3 is 0 Å². The van der Waals surface area contributed by atoms with E-state index in [0.29, 0.717) is 6.42 Å². The molecule has 29 heavy (non-hydrogen) atoms. The molecule has 0 atom stereocenters. The van der Waals surface area contributed by atoms with Crippen molar-refractivity contribution in [2.45, 2.75) is 32.1 Å². The monoisotopic (exact) mass is 386 g/mol. The molecule has 148 valence electrons. The van der Waals surface area contributed by atoms with Crippen LogP contribution in [0.3, 0.4) is 0 Å². The van der Waals surface area contributed by atoms with Crippen molar-refractivity contribution in [2.75, 3.05) is 23.3 Å². The number of amides is 1. The topological polar surface area (TPSA) is 58.1 Å². The third-order valence-corrected chi connectivity index (χ3v) is 5.23. The van der Waals surface area contributed by atoms with Gasteiger partial charge in [0.15, 0.2) is 5.82 Å². The first-order valence-corrected chi connectivity index (χ1v) is 10.3. The molecule has 1 aliphatic heterocycles. The highest BCUT2D eigenvalue weighted by Gasteiger charge is 2.14. The molecule has 1 fully saturated rings. The second-order valence-corrected chi connectivity index (χ2v) is 7.44. The van der Waals surface area contributed by atoms with E-state index in [0.717, 1.165) is 48.7 Å². The van der Waals surface area contributed by atoms with Crippen LogP contribution in [0.25, 0.3) is 11.3 Å². The zero-order chi connectivity index (χ0) is 19.9. The summed E-state index contributed by atoms with van der Waals surface area (Å²) in [5.41, 5.74) is 3.82. The molecule has 4 rings (SSSR count). The molecule has 1 aliphatic rings. The second-order valence-electron chi connectivity index (χ2n) is 7.44. The van der Waals surface area contributed by atoms with Gasteiger partial charge in [-0.05, 0) is 55.5 Å². The molecule has 0 spiro atoms. The van der Waals surface area contributed by atoms with E-state index in [1.54, 1.807) is 0 Å². The molecule has 1 N–H and O–H groups in total. The molecule has 5 heteroatoms. The summed E-state index contributed by atoms with van der Waals surface area (Å²) in [5.74, 6) is 0.975. The normalized spacial score (nSPS) is 13.4. The largest absolute Gasteiger partial charge is 0.355 e. The molecule has 2 aromatic carbocycles. The van der Waals surface area contributed by atoms with Crippen LogP contribution in [0.15, 0.2) is 66.7 Å². The lowest BCUT2D eigenvalue weighted by Crippen LogP contribution is -2.19. The molecule has 1 amide bonds. The lowest BCUT2D eigenvalue weighted by atomic mass is 10.1. The highest BCUT2D eigenvalue weighted by molar-refractivity contribution is 5.91. The van der Waals surface area contributed by atoms with Crippen LogP contribution in [-0.4, -0.2) is 29.2 Å². The molecule has 0 radical (unpaired) electrons. The minimum Gasteiger partial charge on any atom is -0.355 e. The van der Waals surface area contributed by atoms with Crippen LogP contribution >= 0.6 is 0 Å². The van der Waals surface area contributed by atoms with Crippen molar-refractivity contribution in [3.8, 4) is 11.3 Å². The van der Waals surface area contributed by atoms with Gasteiger partial charge in [-0.2, -0.15) is 0 Å². The molecule has 3 aromatic rings. The Labute approximate surface area is 171 Å². The fraction of sp³-hybridized carbons (Fsp3) is 0.292. The average molecular weight is 386 g/mol. The summed E-state index contributed by atoms with van der Waals surface area (Å²) >= 11 is 0. The zero-order valence-corrected chi connectivity index (χ0v) is 16.6. The lowest BCUT2D eigenvalue weighted by Gasteiger charge is -2.15. The maximum atomic E-state index is 12.3. The number of benzene rings is 2. The number of aromatic nitrogens is 2. The molecule has 0 unspecified atom stereocenters. The van der Waals surface area contributed by atoms with Gasteiger partial charge in [0, 0.05) is 30.8 Å². The van der Waals surface area contributed by atoms with E-state index in [1.165, 1.54) is 18.4 Å².